The van der Waals surface area contributed by atoms with Gasteiger partial charge in [0, 0.05) is 19.8 Å². The minimum absolute atomic E-state index is 0.0385. The van der Waals surface area contributed by atoms with Crippen molar-refractivity contribution < 1.29 is 9.59 Å². The highest BCUT2D eigenvalue weighted by Crippen LogP contribution is 2.25. The van der Waals surface area contributed by atoms with Crippen molar-refractivity contribution in [3.05, 3.63) is 35.1 Å². The molecule has 2 bridgehead atoms. The SMILES string of the molecule is CN1C(=O)N2CC(n3ccc(CC(=O)c4cnc(N)s4)n3)=CC1C2. The van der Waals surface area contributed by atoms with E-state index in [4.69, 9.17) is 5.73 Å². The number of urea groups is 1. The van der Waals surface area contributed by atoms with E-state index in [2.05, 4.69) is 16.2 Å². The average Bonchev–Trinajstić information content (AvgIpc) is 3.25. The van der Waals surface area contributed by atoms with Crippen LogP contribution in [-0.2, 0) is 6.42 Å². The van der Waals surface area contributed by atoms with Crippen LogP contribution in [0.5, 0.6) is 0 Å². The van der Waals surface area contributed by atoms with Crippen molar-refractivity contribution in [2.45, 2.75) is 12.5 Å². The Morgan fingerprint density at radius 1 is 1.50 bits per heavy atom. The van der Waals surface area contributed by atoms with Gasteiger partial charge < -0.3 is 15.5 Å². The summed E-state index contributed by atoms with van der Waals surface area (Å²) in [5.74, 6) is -0.0502. The van der Waals surface area contributed by atoms with Crippen molar-refractivity contribution in [1.29, 1.82) is 0 Å². The molecule has 4 heterocycles. The Balaban J connectivity index is 1.50. The fourth-order valence-corrected chi connectivity index (χ4v) is 3.61. The molecule has 2 amide bonds. The summed E-state index contributed by atoms with van der Waals surface area (Å²) < 4.78 is 1.75. The Morgan fingerprint density at radius 2 is 2.33 bits per heavy atom. The zero-order valence-electron chi connectivity index (χ0n) is 13.0. The first-order chi connectivity index (χ1) is 11.5. The second-order valence-electron chi connectivity index (χ2n) is 5.91. The molecule has 0 aliphatic carbocycles. The summed E-state index contributed by atoms with van der Waals surface area (Å²) >= 11 is 1.18. The minimum Gasteiger partial charge on any atom is -0.375 e. The summed E-state index contributed by atoms with van der Waals surface area (Å²) in [6.07, 6.45) is 5.58. The van der Waals surface area contributed by atoms with Crippen LogP contribution in [0.15, 0.2) is 24.5 Å². The maximum atomic E-state index is 12.2. The normalized spacial score (nSPS) is 19.8. The molecule has 2 aliphatic rings. The van der Waals surface area contributed by atoms with Crippen LogP contribution in [0.2, 0.25) is 0 Å². The quantitative estimate of drug-likeness (QED) is 0.833. The second-order valence-corrected chi connectivity index (χ2v) is 6.98. The summed E-state index contributed by atoms with van der Waals surface area (Å²) in [7, 11) is 1.81. The number of amides is 2. The van der Waals surface area contributed by atoms with Crippen molar-refractivity contribution in [3.63, 3.8) is 0 Å². The van der Waals surface area contributed by atoms with Crippen molar-refractivity contribution in [2.24, 2.45) is 0 Å². The molecule has 9 heteroatoms. The third kappa shape index (κ3) is 2.46. The lowest BCUT2D eigenvalue weighted by Crippen LogP contribution is -2.31. The highest BCUT2D eigenvalue weighted by Gasteiger charge is 2.37. The number of nitrogens with zero attached hydrogens (tertiary/aromatic N) is 5. The predicted octanol–water partition coefficient (Wildman–Crippen LogP) is 0.938. The van der Waals surface area contributed by atoms with Gasteiger partial charge in [-0.05, 0) is 12.1 Å². The third-order valence-electron chi connectivity index (χ3n) is 4.29. The largest absolute Gasteiger partial charge is 0.375 e. The van der Waals surface area contributed by atoms with Gasteiger partial charge in [0.05, 0.1) is 41.5 Å². The van der Waals surface area contributed by atoms with Gasteiger partial charge in [-0.2, -0.15) is 5.10 Å². The van der Waals surface area contributed by atoms with Crippen LogP contribution in [0.3, 0.4) is 0 Å². The zero-order chi connectivity index (χ0) is 16.8. The smallest absolute Gasteiger partial charge is 0.320 e. The molecule has 0 radical (unpaired) electrons. The Kier molecular flexibility index (Phi) is 3.38. The van der Waals surface area contributed by atoms with Gasteiger partial charge in [-0.25, -0.2) is 14.5 Å². The van der Waals surface area contributed by atoms with E-state index in [1.807, 2.05) is 12.3 Å². The fraction of sp³-hybridized carbons (Fsp3) is 0.333. The number of hydrogen-bond donors (Lipinski definition) is 1. The molecule has 8 nitrogen and oxygen atoms in total. The Hall–Kier alpha value is -2.68. The van der Waals surface area contributed by atoms with E-state index in [0.29, 0.717) is 22.2 Å². The molecule has 2 aromatic heterocycles. The van der Waals surface area contributed by atoms with E-state index in [-0.39, 0.29) is 24.3 Å². The number of ketones is 1. The fourth-order valence-electron chi connectivity index (χ4n) is 2.99. The molecule has 24 heavy (non-hydrogen) atoms. The molecule has 2 N–H and O–H groups in total. The first-order valence-electron chi connectivity index (χ1n) is 7.53. The van der Waals surface area contributed by atoms with Crippen molar-refractivity contribution in [1.82, 2.24) is 24.6 Å². The number of thiazole rings is 1. The summed E-state index contributed by atoms with van der Waals surface area (Å²) in [6, 6.07) is 1.94. The standard InChI is InChI=1S/C15H16N6O2S/c1-19-10-5-11(8-20(7-10)15(19)23)21-3-2-9(18-21)4-12(22)13-6-17-14(16)24-13/h2-3,5-6,10H,4,7-8H2,1H3,(H2,16,17). The summed E-state index contributed by atoms with van der Waals surface area (Å²) in [4.78, 5) is 32.2. The molecule has 1 fully saturated rings. The van der Waals surface area contributed by atoms with Crippen LogP contribution in [0.1, 0.15) is 15.4 Å². The number of aromatic nitrogens is 3. The molecule has 2 aliphatic heterocycles. The third-order valence-corrected chi connectivity index (χ3v) is 5.16. The van der Waals surface area contributed by atoms with Crippen LogP contribution in [-0.4, -0.2) is 62.6 Å². The number of nitrogens with two attached hydrogens (primary N) is 1. The van der Waals surface area contributed by atoms with E-state index in [1.165, 1.54) is 17.5 Å². The number of carbonyl (C=O) groups is 2. The Bertz CT molecular complexity index is 854. The van der Waals surface area contributed by atoms with Gasteiger partial charge in [-0.15, -0.1) is 0 Å². The van der Waals surface area contributed by atoms with E-state index in [1.54, 1.807) is 21.5 Å². The minimum atomic E-state index is -0.0502. The van der Waals surface area contributed by atoms with Crippen LogP contribution in [0, 0.1) is 0 Å². The molecule has 1 atom stereocenters. The van der Waals surface area contributed by atoms with Crippen molar-refractivity contribution in [3.8, 4) is 0 Å². The van der Waals surface area contributed by atoms with Crippen LogP contribution in [0.25, 0.3) is 5.70 Å². The van der Waals surface area contributed by atoms with E-state index >= 15 is 0 Å². The summed E-state index contributed by atoms with van der Waals surface area (Å²) in [5, 5.41) is 4.86. The Morgan fingerprint density at radius 3 is 3.04 bits per heavy atom. The molecule has 2 aromatic rings. The maximum Gasteiger partial charge on any atom is 0.320 e. The first-order valence-corrected chi connectivity index (χ1v) is 8.35. The molecule has 1 unspecified atom stereocenters. The summed E-state index contributed by atoms with van der Waals surface area (Å²) in [6.45, 7) is 1.25. The lowest BCUT2D eigenvalue weighted by atomic mass is 10.2. The number of likely N-dealkylation sites (N-methyl/N-ethyl adjacent to an activating group) is 1. The molecule has 0 saturated carbocycles. The average molecular weight is 344 g/mol. The van der Waals surface area contributed by atoms with E-state index in [9.17, 15) is 9.59 Å². The van der Waals surface area contributed by atoms with Crippen LogP contribution in [0.4, 0.5) is 9.93 Å². The molecule has 4 rings (SSSR count). The number of carbonyl (C=O) groups excluding carboxylic acids is 2. The second kappa shape index (κ2) is 5.45. The number of hydrogen-bond acceptors (Lipinski definition) is 6. The number of fused-ring (bicyclic) bond motifs is 2. The number of Topliss-reactive ketones (excluding diaryl/α,β-unsaturated/α-hetero) is 1. The van der Waals surface area contributed by atoms with Gasteiger partial charge in [0.2, 0.25) is 0 Å². The van der Waals surface area contributed by atoms with Crippen LogP contribution < -0.4 is 5.73 Å². The molecule has 1 saturated heterocycles. The molecular weight excluding hydrogens is 328 g/mol. The van der Waals surface area contributed by atoms with Gasteiger partial charge in [-0.3, -0.25) is 4.79 Å². The zero-order valence-corrected chi connectivity index (χ0v) is 13.9. The Labute approximate surface area is 142 Å². The highest BCUT2D eigenvalue weighted by molar-refractivity contribution is 7.17. The van der Waals surface area contributed by atoms with Gasteiger partial charge in [0.1, 0.15) is 0 Å². The van der Waals surface area contributed by atoms with Gasteiger partial charge >= 0.3 is 6.03 Å². The number of nitrogen functional groups attached to an aromatic ring is 1. The molecule has 0 spiro atoms. The predicted molar refractivity (Wildman–Crippen MR) is 89.6 cm³/mol. The molecule has 124 valence electrons. The molecular formula is C15H16N6O2S. The maximum absolute atomic E-state index is 12.2. The van der Waals surface area contributed by atoms with Crippen molar-refractivity contribution >= 4 is 34.0 Å². The lowest BCUT2D eigenvalue weighted by molar-refractivity contribution is 0.0995. The number of rotatable bonds is 4. The van der Waals surface area contributed by atoms with E-state index in [0.717, 1.165) is 12.2 Å². The highest BCUT2D eigenvalue weighted by atomic mass is 32.1. The van der Waals surface area contributed by atoms with Gasteiger partial charge in [0.15, 0.2) is 10.9 Å². The topological polar surface area (TPSA) is 97.4 Å². The van der Waals surface area contributed by atoms with Gasteiger partial charge in [0.25, 0.3) is 0 Å². The van der Waals surface area contributed by atoms with Crippen LogP contribution >= 0.6 is 11.3 Å². The summed E-state index contributed by atoms with van der Waals surface area (Å²) in [5.41, 5.74) is 7.19. The monoisotopic (exact) mass is 344 g/mol. The molecule has 0 aromatic carbocycles. The van der Waals surface area contributed by atoms with E-state index < -0.39 is 0 Å². The van der Waals surface area contributed by atoms with Crippen molar-refractivity contribution in [2.75, 3.05) is 25.9 Å². The lowest BCUT2D eigenvalue weighted by Gasteiger charge is -2.21. The van der Waals surface area contributed by atoms with Gasteiger partial charge in [-0.1, -0.05) is 11.3 Å². The number of anilines is 1. The first kappa shape index (κ1) is 14.9.